The Labute approximate surface area is 246 Å². The van der Waals surface area contributed by atoms with Gasteiger partial charge in [0.2, 0.25) is 0 Å². The highest BCUT2D eigenvalue weighted by molar-refractivity contribution is 6.25. The van der Waals surface area contributed by atoms with E-state index < -0.39 is 0 Å². The maximum Gasteiger partial charge on any atom is -0.00201 e. The summed E-state index contributed by atoms with van der Waals surface area (Å²) in [5.74, 6) is 0. The molecule has 0 aliphatic carbocycles. The minimum absolute atomic E-state index is 0.0820. The first kappa shape index (κ1) is 24.8. The minimum Gasteiger partial charge on any atom is -0.0616 e. The first-order valence-corrected chi connectivity index (χ1v) is 14.9. The summed E-state index contributed by atoms with van der Waals surface area (Å²) < 4.78 is 0. The van der Waals surface area contributed by atoms with Crippen molar-refractivity contribution in [2.24, 2.45) is 0 Å². The lowest BCUT2D eigenvalue weighted by molar-refractivity contribution is 0.590. The quantitative estimate of drug-likeness (QED) is 0.152. The standard InChI is InChI=1S/C42H32/c1-42(2,3)31-15-10-14-30(25-31)40-35-16-6-8-18-37(35)41(38-19-9-7-17-36(38)40)34-21-11-20-32-33(34)23-22-29-24-27-12-4-5-13-28(27)26-39(29)32/h4-26H,1-3H3. The molecule has 0 bridgehead atoms. The molecule has 0 saturated carbocycles. The second-order valence-corrected chi connectivity index (χ2v) is 12.6. The number of benzene rings is 8. The van der Waals surface area contributed by atoms with Crippen LogP contribution in [0.4, 0.5) is 0 Å². The van der Waals surface area contributed by atoms with E-state index in [-0.39, 0.29) is 5.41 Å². The summed E-state index contributed by atoms with van der Waals surface area (Å²) in [7, 11) is 0. The Hall–Kier alpha value is -4.94. The van der Waals surface area contributed by atoms with Gasteiger partial charge in [-0.1, -0.05) is 148 Å². The van der Waals surface area contributed by atoms with Crippen LogP contribution in [0.2, 0.25) is 0 Å². The van der Waals surface area contributed by atoms with Gasteiger partial charge in [0.1, 0.15) is 0 Å². The molecule has 0 unspecified atom stereocenters. The second-order valence-electron chi connectivity index (χ2n) is 12.6. The van der Waals surface area contributed by atoms with E-state index in [4.69, 9.17) is 0 Å². The van der Waals surface area contributed by atoms with Crippen LogP contribution < -0.4 is 0 Å². The van der Waals surface area contributed by atoms with Gasteiger partial charge in [-0.25, -0.2) is 0 Å². The highest BCUT2D eigenvalue weighted by atomic mass is 14.2. The molecule has 0 radical (unpaired) electrons. The third-order valence-electron chi connectivity index (χ3n) is 8.96. The molecule has 42 heavy (non-hydrogen) atoms. The van der Waals surface area contributed by atoms with Gasteiger partial charge in [0.15, 0.2) is 0 Å². The zero-order chi connectivity index (χ0) is 28.4. The van der Waals surface area contributed by atoms with Crippen molar-refractivity contribution in [3.8, 4) is 22.3 Å². The van der Waals surface area contributed by atoms with Crippen molar-refractivity contribution in [1.82, 2.24) is 0 Å². The maximum atomic E-state index is 2.39. The third-order valence-corrected chi connectivity index (χ3v) is 8.96. The van der Waals surface area contributed by atoms with E-state index in [1.807, 2.05) is 0 Å². The van der Waals surface area contributed by atoms with E-state index >= 15 is 0 Å². The van der Waals surface area contributed by atoms with Gasteiger partial charge in [-0.15, -0.1) is 0 Å². The van der Waals surface area contributed by atoms with Gasteiger partial charge in [0.05, 0.1) is 0 Å². The topological polar surface area (TPSA) is 0 Å². The number of hydrogen-bond acceptors (Lipinski definition) is 0. The Kier molecular flexibility index (Phi) is 5.49. The highest BCUT2D eigenvalue weighted by Crippen LogP contribution is 2.46. The fraction of sp³-hybridized carbons (Fsp3) is 0.0952. The van der Waals surface area contributed by atoms with Crippen LogP contribution in [0.3, 0.4) is 0 Å². The summed E-state index contributed by atoms with van der Waals surface area (Å²) in [5, 5.41) is 12.9. The van der Waals surface area contributed by atoms with E-state index in [0.717, 1.165) is 0 Å². The zero-order valence-electron chi connectivity index (χ0n) is 24.3. The molecular formula is C42H32. The van der Waals surface area contributed by atoms with Crippen LogP contribution in [-0.2, 0) is 5.41 Å². The summed E-state index contributed by atoms with van der Waals surface area (Å²) in [6.07, 6.45) is 0. The Morgan fingerprint density at radius 1 is 0.357 bits per heavy atom. The van der Waals surface area contributed by atoms with Crippen molar-refractivity contribution in [2.45, 2.75) is 26.2 Å². The van der Waals surface area contributed by atoms with E-state index in [0.29, 0.717) is 0 Å². The van der Waals surface area contributed by atoms with E-state index in [9.17, 15) is 0 Å². The molecule has 0 aliphatic rings. The van der Waals surface area contributed by atoms with Crippen molar-refractivity contribution in [3.63, 3.8) is 0 Å². The average molecular weight is 537 g/mol. The van der Waals surface area contributed by atoms with Gasteiger partial charge in [0, 0.05) is 0 Å². The predicted molar refractivity (Wildman–Crippen MR) is 184 cm³/mol. The van der Waals surface area contributed by atoms with Crippen LogP contribution in [0.1, 0.15) is 26.3 Å². The SMILES string of the molecule is CC(C)(C)c1cccc(-c2c3ccccc3c(-c3cccc4c3ccc3cc5ccccc5cc34)c3ccccc23)c1. The van der Waals surface area contributed by atoms with E-state index in [1.54, 1.807) is 0 Å². The fourth-order valence-electron chi connectivity index (χ4n) is 6.87. The van der Waals surface area contributed by atoms with Crippen LogP contribution in [0, 0.1) is 0 Å². The number of rotatable bonds is 2. The van der Waals surface area contributed by atoms with Crippen LogP contribution >= 0.6 is 0 Å². The van der Waals surface area contributed by atoms with Gasteiger partial charge >= 0.3 is 0 Å². The molecule has 8 aromatic carbocycles. The van der Waals surface area contributed by atoms with Crippen molar-refractivity contribution in [2.75, 3.05) is 0 Å². The summed E-state index contributed by atoms with van der Waals surface area (Å²) in [6.45, 7) is 6.87. The van der Waals surface area contributed by atoms with Crippen LogP contribution in [-0.4, -0.2) is 0 Å². The normalized spacial score (nSPS) is 12.2. The second kappa shape index (κ2) is 9.29. The molecule has 0 heteroatoms. The van der Waals surface area contributed by atoms with Crippen LogP contribution in [0.15, 0.2) is 140 Å². The summed E-state index contributed by atoms with van der Waals surface area (Å²) >= 11 is 0. The minimum atomic E-state index is 0.0820. The fourth-order valence-corrected chi connectivity index (χ4v) is 6.87. The molecule has 0 N–H and O–H groups in total. The van der Waals surface area contributed by atoms with E-state index in [2.05, 4.69) is 160 Å². The van der Waals surface area contributed by atoms with Crippen molar-refractivity contribution in [3.05, 3.63) is 145 Å². The van der Waals surface area contributed by atoms with Gasteiger partial charge in [-0.3, -0.25) is 0 Å². The molecule has 0 spiro atoms. The molecule has 0 amide bonds. The van der Waals surface area contributed by atoms with Crippen LogP contribution in [0.5, 0.6) is 0 Å². The largest absolute Gasteiger partial charge is 0.0616 e. The molecule has 0 aromatic heterocycles. The molecular weight excluding hydrogens is 504 g/mol. The zero-order valence-corrected chi connectivity index (χ0v) is 24.3. The van der Waals surface area contributed by atoms with Gasteiger partial charge in [-0.2, -0.15) is 0 Å². The molecule has 200 valence electrons. The number of hydrogen-bond donors (Lipinski definition) is 0. The molecule has 0 atom stereocenters. The molecule has 0 heterocycles. The summed E-state index contributed by atoms with van der Waals surface area (Å²) in [4.78, 5) is 0. The predicted octanol–water partition coefficient (Wildman–Crippen LogP) is 12.1. The molecule has 0 saturated heterocycles. The van der Waals surface area contributed by atoms with Crippen LogP contribution in [0.25, 0.3) is 76.1 Å². The Morgan fingerprint density at radius 3 is 1.60 bits per heavy atom. The molecule has 8 aromatic rings. The van der Waals surface area contributed by atoms with Gasteiger partial charge in [0.25, 0.3) is 0 Å². The number of fused-ring (bicyclic) bond motifs is 6. The molecule has 8 rings (SSSR count). The summed E-state index contributed by atoms with van der Waals surface area (Å²) in [5.41, 5.74) is 6.61. The first-order valence-electron chi connectivity index (χ1n) is 14.9. The van der Waals surface area contributed by atoms with E-state index in [1.165, 1.54) is 81.7 Å². The lowest BCUT2D eigenvalue weighted by Gasteiger charge is -2.22. The van der Waals surface area contributed by atoms with Crippen molar-refractivity contribution >= 4 is 53.9 Å². The molecule has 0 nitrogen and oxygen atoms in total. The third kappa shape index (κ3) is 3.83. The Balaban J connectivity index is 1.48. The smallest absolute Gasteiger partial charge is 0.00201 e. The maximum absolute atomic E-state index is 2.39. The monoisotopic (exact) mass is 536 g/mol. The Bertz CT molecular complexity index is 2270. The molecule has 0 aliphatic heterocycles. The van der Waals surface area contributed by atoms with Gasteiger partial charge in [-0.05, 0) is 99.2 Å². The lowest BCUT2D eigenvalue weighted by Crippen LogP contribution is -2.10. The Morgan fingerprint density at radius 2 is 0.929 bits per heavy atom. The van der Waals surface area contributed by atoms with Crippen molar-refractivity contribution in [1.29, 1.82) is 0 Å². The average Bonchev–Trinajstić information content (AvgIpc) is 3.02. The summed E-state index contributed by atoms with van der Waals surface area (Å²) in [6, 6.07) is 51.9. The molecule has 0 fully saturated rings. The van der Waals surface area contributed by atoms with Crippen molar-refractivity contribution < 1.29 is 0 Å². The first-order chi connectivity index (χ1) is 20.5. The van der Waals surface area contributed by atoms with Gasteiger partial charge < -0.3 is 0 Å². The lowest BCUT2D eigenvalue weighted by atomic mass is 9.82. The highest BCUT2D eigenvalue weighted by Gasteiger charge is 2.20.